The molecule has 0 amide bonds. The van der Waals surface area contributed by atoms with Crippen molar-refractivity contribution in [2.24, 2.45) is 0 Å². The number of nitrogens with one attached hydrogen (secondary N) is 1. The van der Waals surface area contributed by atoms with Gasteiger partial charge in [0.15, 0.2) is 0 Å². The van der Waals surface area contributed by atoms with Gasteiger partial charge in [0.25, 0.3) is 0 Å². The Morgan fingerprint density at radius 2 is 2.11 bits per heavy atom. The van der Waals surface area contributed by atoms with Crippen LogP contribution in [0.25, 0.3) is 0 Å². The Hall–Kier alpha value is -1.13. The molecule has 0 atom stereocenters. The largest absolute Gasteiger partial charge is 0.381 e. The van der Waals surface area contributed by atoms with Crippen molar-refractivity contribution in [3.63, 3.8) is 0 Å². The van der Waals surface area contributed by atoms with Crippen LogP contribution in [-0.2, 0) is 11.3 Å². The van der Waals surface area contributed by atoms with Crippen molar-refractivity contribution in [1.29, 1.82) is 0 Å². The van der Waals surface area contributed by atoms with E-state index in [9.17, 15) is 0 Å². The van der Waals surface area contributed by atoms with Crippen molar-refractivity contribution in [1.82, 2.24) is 10.3 Å². The highest BCUT2D eigenvalue weighted by Gasteiger charge is 2.19. The molecule has 1 N–H and O–H groups in total. The van der Waals surface area contributed by atoms with Crippen LogP contribution in [0.2, 0.25) is 0 Å². The first kappa shape index (κ1) is 14.3. The summed E-state index contributed by atoms with van der Waals surface area (Å²) in [7, 11) is 2.13. The zero-order valence-corrected chi connectivity index (χ0v) is 12.2. The van der Waals surface area contributed by atoms with Gasteiger partial charge in [-0.15, -0.1) is 0 Å². The van der Waals surface area contributed by atoms with Gasteiger partial charge in [0, 0.05) is 45.1 Å². The third kappa shape index (κ3) is 4.18. The van der Waals surface area contributed by atoms with E-state index in [4.69, 9.17) is 4.74 Å². The first-order chi connectivity index (χ1) is 9.16. The van der Waals surface area contributed by atoms with E-state index in [0.717, 1.165) is 38.4 Å². The molecule has 0 radical (unpaired) electrons. The van der Waals surface area contributed by atoms with Crippen LogP contribution in [0.15, 0.2) is 18.3 Å². The third-order valence-corrected chi connectivity index (χ3v) is 3.62. The van der Waals surface area contributed by atoms with Crippen LogP contribution in [0.5, 0.6) is 0 Å². The summed E-state index contributed by atoms with van der Waals surface area (Å²) in [5.74, 6) is 1.06. The average Bonchev–Trinajstić information content (AvgIpc) is 2.46. The first-order valence-corrected chi connectivity index (χ1v) is 7.15. The SMILES string of the molecule is CC(C)NCc1ccc(N(C)C2CCOCC2)nc1. The number of hydrogen-bond donors (Lipinski definition) is 1. The summed E-state index contributed by atoms with van der Waals surface area (Å²) in [5.41, 5.74) is 1.23. The summed E-state index contributed by atoms with van der Waals surface area (Å²) in [6.45, 7) is 6.92. The van der Waals surface area contributed by atoms with E-state index in [1.807, 2.05) is 6.20 Å². The smallest absolute Gasteiger partial charge is 0.128 e. The second-order valence-corrected chi connectivity index (χ2v) is 5.51. The van der Waals surface area contributed by atoms with E-state index in [1.54, 1.807) is 0 Å². The highest BCUT2D eigenvalue weighted by atomic mass is 16.5. The number of anilines is 1. The van der Waals surface area contributed by atoms with Gasteiger partial charge in [-0.25, -0.2) is 4.98 Å². The molecule has 4 heteroatoms. The number of aromatic nitrogens is 1. The predicted octanol–water partition coefficient (Wildman–Crippen LogP) is 2.19. The molecule has 0 aromatic carbocycles. The molecule has 0 aliphatic carbocycles. The summed E-state index contributed by atoms with van der Waals surface area (Å²) >= 11 is 0. The highest BCUT2D eigenvalue weighted by molar-refractivity contribution is 5.39. The molecule has 19 heavy (non-hydrogen) atoms. The second-order valence-electron chi connectivity index (χ2n) is 5.51. The van der Waals surface area contributed by atoms with Gasteiger partial charge in [-0.1, -0.05) is 19.9 Å². The van der Waals surface area contributed by atoms with Gasteiger partial charge in [-0.05, 0) is 24.5 Å². The van der Waals surface area contributed by atoms with E-state index in [0.29, 0.717) is 12.1 Å². The summed E-state index contributed by atoms with van der Waals surface area (Å²) in [6, 6.07) is 5.34. The van der Waals surface area contributed by atoms with Gasteiger partial charge in [-0.3, -0.25) is 0 Å². The van der Waals surface area contributed by atoms with Crippen molar-refractivity contribution in [2.75, 3.05) is 25.2 Å². The fourth-order valence-corrected chi connectivity index (χ4v) is 2.31. The van der Waals surface area contributed by atoms with Gasteiger partial charge in [-0.2, -0.15) is 0 Å². The lowest BCUT2D eigenvalue weighted by molar-refractivity contribution is 0.0853. The fraction of sp³-hybridized carbons (Fsp3) is 0.667. The lowest BCUT2D eigenvalue weighted by Crippen LogP contribution is -2.37. The van der Waals surface area contributed by atoms with Gasteiger partial charge in [0.05, 0.1) is 0 Å². The summed E-state index contributed by atoms with van der Waals surface area (Å²) in [6.07, 6.45) is 4.16. The summed E-state index contributed by atoms with van der Waals surface area (Å²) in [4.78, 5) is 6.86. The van der Waals surface area contributed by atoms with Crippen molar-refractivity contribution >= 4 is 5.82 Å². The van der Waals surface area contributed by atoms with Crippen LogP contribution in [0, 0.1) is 0 Å². The van der Waals surface area contributed by atoms with Crippen LogP contribution in [0.3, 0.4) is 0 Å². The van der Waals surface area contributed by atoms with Crippen molar-refractivity contribution < 1.29 is 4.74 Å². The minimum atomic E-state index is 0.504. The van der Waals surface area contributed by atoms with E-state index < -0.39 is 0 Å². The molecule has 2 rings (SSSR count). The van der Waals surface area contributed by atoms with Crippen molar-refractivity contribution in [3.8, 4) is 0 Å². The molecule has 1 saturated heterocycles. The Morgan fingerprint density at radius 3 is 2.68 bits per heavy atom. The monoisotopic (exact) mass is 263 g/mol. The van der Waals surface area contributed by atoms with Gasteiger partial charge >= 0.3 is 0 Å². The molecule has 1 aliphatic heterocycles. The Bertz CT molecular complexity index is 371. The molecule has 0 saturated carbocycles. The zero-order valence-electron chi connectivity index (χ0n) is 12.2. The Labute approximate surface area is 116 Å². The number of hydrogen-bond acceptors (Lipinski definition) is 4. The van der Waals surface area contributed by atoms with E-state index in [-0.39, 0.29) is 0 Å². The molecule has 1 aliphatic rings. The lowest BCUT2D eigenvalue weighted by atomic mass is 10.1. The lowest BCUT2D eigenvalue weighted by Gasteiger charge is -2.32. The number of nitrogens with zero attached hydrogens (tertiary/aromatic N) is 2. The van der Waals surface area contributed by atoms with Gasteiger partial charge in [0.2, 0.25) is 0 Å². The topological polar surface area (TPSA) is 37.4 Å². The standard InChI is InChI=1S/C15H25N3O/c1-12(2)16-10-13-4-5-15(17-11-13)18(3)14-6-8-19-9-7-14/h4-5,11-12,14,16H,6-10H2,1-3H3. The quantitative estimate of drug-likeness (QED) is 0.883. The molecule has 4 nitrogen and oxygen atoms in total. The minimum Gasteiger partial charge on any atom is -0.381 e. The average molecular weight is 263 g/mol. The number of ether oxygens (including phenoxy) is 1. The maximum atomic E-state index is 5.40. The normalized spacial score (nSPS) is 16.8. The molecule has 1 aromatic heterocycles. The summed E-state index contributed by atoms with van der Waals surface area (Å²) in [5, 5.41) is 3.40. The number of rotatable bonds is 5. The maximum absolute atomic E-state index is 5.40. The third-order valence-electron chi connectivity index (χ3n) is 3.62. The van der Waals surface area contributed by atoms with E-state index >= 15 is 0 Å². The van der Waals surface area contributed by atoms with Crippen LogP contribution in [0.1, 0.15) is 32.3 Å². The molecule has 0 bridgehead atoms. The fourth-order valence-electron chi connectivity index (χ4n) is 2.31. The molecular formula is C15H25N3O. The Balaban J connectivity index is 1.93. The summed E-state index contributed by atoms with van der Waals surface area (Å²) < 4.78 is 5.40. The van der Waals surface area contributed by atoms with Crippen LogP contribution < -0.4 is 10.2 Å². The second kappa shape index (κ2) is 6.87. The van der Waals surface area contributed by atoms with Gasteiger partial charge < -0.3 is 15.0 Å². The number of pyridine rings is 1. The van der Waals surface area contributed by atoms with Crippen LogP contribution in [-0.4, -0.2) is 37.3 Å². The molecule has 106 valence electrons. The van der Waals surface area contributed by atoms with E-state index in [1.165, 1.54) is 5.56 Å². The van der Waals surface area contributed by atoms with Crippen LogP contribution >= 0.6 is 0 Å². The Morgan fingerprint density at radius 1 is 1.37 bits per heavy atom. The molecular weight excluding hydrogens is 238 g/mol. The first-order valence-electron chi connectivity index (χ1n) is 7.15. The maximum Gasteiger partial charge on any atom is 0.128 e. The molecule has 1 fully saturated rings. The molecule has 1 aromatic rings. The van der Waals surface area contributed by atoms with Crippen LogP contribution in [0.4, 0.5) is 5.82 Å². The van der Waals surface area contributed by atoms with Gasteiger partial charge in [0.1, 0.15) is 5.82 Å². The minimum absolute atomic E-state index is 0.504. The van der Waals surface area contributed by atoms with E-state index in [2.05, 4.69) is 48.2 Å². The van der Waals surface area contributed by atoms with Crippen molar-refractivity contribution in [3.05, 3.63) is 23.9 Å². The molecule has 0 unspecified atom stereocenters. The highest BCUT2D eigenvalue weighted by Crippen LogP contribution is 2.19. The Kier molecular flexibility index (Phi) is 5.16. The zero-order chi connectivity index (χ0) is 13.7. The molecule has 2 heterocycles. The molecule has 0 spiro atoms. The van der Waals surface area contributed by atoms with Crippen molar-refractivity contribution in [2.45, 2.75) is 45.3 Å². The predicted molar refractivity (Wildman–Crippen MR) is 78.5 cm³/mol.